The van der Waals surface area contributed by atoms with Crippen LogP contribution < -0.4 is 10.5 Å². The molecule has 0 saturated carbocycles. The van der Waals surface area contributed by atoms with Gasteiger partial charge in [-0.1, -0.05) is 29.8 Å². The molecule has 20 heavy (non-hydrogen) atoms. The second kappa shape index (κ2) is 5.02. The van der Waals surface area contributed by atoms with E-state index in [9.17, 15) is 0 Å². The van der Waals surface area contributed by atoms with E-state index in [0.717, 1.165) is 16.6 Å². The molecule has 3 nitrogen and oxygen atoms in total. The molecule has 0 radical (unpaired) electrons. The summed E-state index contributed by atoms with van der Waals surface area (Å²) >= 11 is 5.89. The number of fused-ring (bicyclic) bond motifs is 1. The quantitative estimate of drug-likeness (QED) is 0.701. The molecule has 0 amide bonds. The van der Waals surface area contributed by atoms with Gasteiger partial charge < -0.3 is 10.5 Å². The average Bonchev–Trinajstić information content (AvgIpc) is 2.42. The maximum absolute atomic E-state index is 5.91. The Bertz CT molecular complexity index is 787. The minimum Gasteiger partial charge on any atom is -0.453 e. The highest BCUT2D eigenvalue weighted by atomic mass is 35.5. The van der Waals surface area contributed by atoms with Gasteiger partial charge in [0.2, 0.25) is 0 Å². The van der Waals surface area contributed by atoms with Crippen molar-refractivity contribution in [2.45, 2.75) is 6.92 Å². The number of hydrogen-bond acceptors (Lipinski definition) is 3. The third kappa shape index (κ3) is 2.40. The Morgan fingerprint density at radius 2 is 1.90 bits per heavy atom. The summed E-state index contributed by atoms with van der Waals surface area (Å²) in [7, 11) is 0. The minimum atomic E-state index is 0.502. The number of pyridine rings is 1. The molecule has 0 bridgehead atoms. The molecule has 0 unspecified atom stereocenters. The number of para-hydroxylation sites is 1. The van der Waals surface area contributed by atoms with E-state index in [4.69, 9.17) is 22.1 Å². The average molecular weight is 285 g/mol. The van der Waals surface area contributed by atoms with Crippen LogP contribution in [0.4, 0.5) is 5.69 Å². The fourth-order valence-electron chi connectivity index (χ4n) is 2.03. The highest BCUT2D eigenvalue weighted by Gasteiger charge is 2.07. The van der Waals surface area contributed by atoms with Gasteiger partial charge in [-0.3, -0.25) is 0 Å². The van der Waals surface area contributed by atoms with Crippen LogP contribution in [0.25, 0.3) is 10.9 Å². The molecule has 0 spiro atoms. The molecule has 0 fully saturated rings. The van der Waals surface area contributed by atoms with Crippen LogP contribution in [-0.2, 0) is 0 Å². The number of anilines is 1. The van der Waals surface area contributed by atoms with Gasteiger partial charge in [-0.25, -0.2) is 4.98 Å². The van der Waals surface area contributed by atoms with Gasteiger partial charge in [0.05, 0.1) is 5.69 Å². The Kier molecular flexibility index (Phi) is 3.20. The van der Waals surface area contributed by atoms with Gasteiger partial charge >= 0.3 is 0 Å². The van der Waals surface area contributed by atoms with E-state index < -0.39 is 0 Å². The fraction of sp³-hybridized carbons (Fsp3) is 0.0625. The highest BCUT2D eigenvalue weighted by molar-refractivity contribution is 6.30. The van der Waals surface area contributed by atoms with Crippen molar-refractivity contribution in [3.8, 4) is 11.5 Å². The van der Waals surface area contributed by atoms with Crippen LogP contribution >= 0.6 is 11.6 Å². The summed E-state index contributed by atoms with van der Waals surface area (Å²) in [5, 5.41) is 1.61. The van der Waals surface area contributed by atoms with Crippen molar-refractivity contribution in [3.05, 3.63) is 59.2 Å². The Balaban J connectivity index is 2.08. The zero-order chi connectivity index (χ0) is 14.1. The molecule has 2 aromatic carbocycles. The summed E-state index contributed by atoms with van der Waals surface area (Å²) in [5.41, 5.74) is 8.18. The molecule has 4 heteroatoms. The van der Waals surface area contributed by atoms with Crippen LogP contribution in [0.1, 0.15) is 5.69 Å². The highest BCUT2D eigenvalue weighted by Crippen LogP contribution is 2.33. The number of aryl methyl sites for hydroxylation is 1. The molecule has 0 aliphatic rings. The molecule has 0 aliphatic carbocycles. The number of rotatable bonds is 2. The lowest BCUT2D eigenvalue weighted by Gasteiger charge is -2.11. The van der Waals surface area contributed by atoms with Crippen molar-refractivity contribution in [2.75, 3.05) is 5.73 Å². The van der Waals surface area contributed by atoms with Gasteiger partial charge in [0, 0.05) is 16.1 Å². The molecular formula is C16H13ClN2O. The van der Waals surface area contributed by atoms with Gasteiger partial charge in [0.1, 0.15) is 5.52 Å². The van der Waals surface area contributed by atoms with Gasteiger partial charge in [-0.2, -0.15) is 0 Å². The predicted molar refractivity (Wildman–Crippen MR) is 82.4 cm³/mol. The number of halogens is 1. The minimum absolute atomic E-state index is 0.502. The molecule has 3 rings (SSSR count). The van der Waals surface area contributed by atoms with Gasteiger partial charge in [-0.05, 0) is 37.3 Å². The number of hydrogen-bond donors (Lipinski definition) is 1. The zero-order valence-electron chi connectivity index (χ0n) is 10.9. The predicted octanol–water partition coefficient (Wildman–Crippen LogP) is 4.57. The molecule has 1 aromatic heterocycles. The van der Waals surface area contributed by atoms with Crippen molar-refractivity contribution in [1.82, 2.24) is 4.98 Å². The first kappa shape index (κ1) is 12.8. The maximum Gasteiger partial charge on any atom is 0.153 e. The lowest BCUT2D eigenvalue weighted by atomic mass is 10.2. The van der Waals surface area contributed by atoms with E-state index in [0.29, 0.717) is 22.2 Å². The van der Waals surface area contributed by atoms with Crippen LogP contribution in [-0.4, -0.2) is 4.98 Å². The summed E-state index contributed by atoms with van der Waals surface area (Å²) in [5.74, 6) is 1.26. The van der Waals surface area contributed by atoms with Crippen molar-refractivity contribution >= 4 is 28.2 Å². The van der Waals surface area contributed by atoms with Crippen LogP contribution in [0.5, 0.6) is 11.5 Å². The van der Waals surface area contributed by atoms with E-state index in [2.05, 4.69) is 4.98 Å². The molecular weight excluding hydrogens is 272 g/mol. The Hall–Kier alpha value is -2.26. The molecule has 1 heterocycles. The molecule has 0 atom stereocenters. The topological polar surface area (TPSA) is 48.1 Å². The lowest BCUT2D eigenvalue weighted by Crippen LogP contribution is -1.94. The monoisotopic (exact) mass is 284 g/mol. The zero-order valence-corrected chi connectivity index (χ0v) is 11.7. The van der Waals surface area contributed by atoms with E-state index in [1.807, 2.05) is 37.3 Å². The van der Waals surface area contributed by atoms with E-state index in [-0.39, 0.29) is 0 Å². The number of nitrogens with two attached hydrogens (primary N) is 1. The third-order valence-corrected chi connectivity index (χ3v) is 3.25. The van der Waals surface area contributed by atoms with Crippen LogP contribution in [0.3, 0.4) is 0 Å². The van der Waals surface area contributed by atoms with Crippen LogP contribution in [0.2, 0.25) is 5.02 Å². The van der Waals surface area contributed by atoms with Crippen LogP contribution in [0, 0.1) is 6.92 Å². The Labute approximate surface area is 122 Å². The Morgan fingerprint density at radius 1 is 1.05 bits per heavy atom. The normalized spacial score (nSPS) is 10.7. The summed E-state index contributed by atoms with van der Waals surface area (Å²) in [6.45, 7) is 1.95. The van der Waals surface area contributed by atoms with E-state index >= 15 is 0 Å². The third-order valence-electron chi connectivity index (χ3n) is 3.01. The smallest absolute Gasteiger partial charge is 0.153 e. The first-order valence-corrected chi connectivity index (χ1v) is 6.60. The lowest BCUT2D eigenvalue weighted by molar-refractivity contribution is 0.489. The second-order valence-corrected chi connectivity index (χ2v) is 5.00. The number of ether oxygens (including phenoxy) is 1. The molecule has 0 saturated heterocycles. The number of nitrogens with zero attached hydrogens (tertiary/aromatic N) is 1. The summed E-state index contributed by atoms with van der Waals surface area (Å²) in [4.78, 5) is 4.53. The van der Waals surface area contributed by atoms with Gasteiger partial charge in [-0.15, -0.1) is 0 Å². The molecule has 0 aliphatic heterocycles. The molecule has 100 valence electrons. The standard InChI is InChI=1S/C16H13ClN2O/c1-10-5-6-11-3-2-4-15(16(11)19-10)20-14-8-7-12(17)9-13(14)18/h2-9H,18H2,1H3. The van der Waals surface area contributed by atoms with Gasteiger partial charge in [0.25, 0.3) is 0 Å². The number of nitrogen functional groups attached to an aromatic ring is 1. The SMILES string of the molecule is Cc1ccc2cccc(Oc3ccc(Cl)cc3N)c2n1. The van der Waals surface area contributed by atoms with E-state index in [1.165, 1.54) is 0 Å². The van der Waals surface area contributed by atoms with Crippen LogP contribution in [0.15, 0.2) is 48.5 Å². The summed E-state index contributed by atoms with van der Waals surface area (Å²) in [6, 6.07) is 15.0. The van der Waals surface area contributed by atoms with Crippen molar-refractivity contribution in [1.29, 1.82) is 0 Å². The van der Waals surface area contributed by atoms with Crippen molar-refractivity contribution < 1.29 is 4.74 Å². The molecule has 3 aromatic rings. The maximum atomic E-state index is 5.91. The summed E-state index contributed by atoms with van der Waals surface area (Å²) < 4.78 is 5.89. The Morgan fingerprint density at radius 3 is 2.70 bits per heavy atom. The molecule has 2 N–H and O–H groups in total. The second-order valence-electron chi connectivity index (χ2n) is 4.56. The van der Waals surface area contributed by atoms with Gasteiger partial charge in [0.15, 0.2) is 11.5 Å². The number of benzene rings is 2. The first-order chi connectivity index (χ1) is 9.63. The van der Waals surface area contributed by atoms with E-state index in [1.54, 1.807) is 18.2 Å². The summed E-state index contributed by atoms with van der Waals surface area (Å²) in [6.07, 6.45) is 0. The first-order valence-electron chi connectivity index (χ1n) is 6.23. The largest absolute Gasteiger partial charge is 0.453 e. The van der Waals surface area contributed by atoms with Crippen molar-refractivity contribution in [2.24, 2.45) is 0 Å². The fourth-order valence-corrected chi connectivity index (χ4v) is 2.21. The number of aromatic nitrogens is 1. The van der Waals surface area contributed by atoms with Crippen molar-refractivity contribution in [3.63, 3.8) is 0 Å².